The SMILES string of the molecule is C.CC.CC.CC(C)N1CCCCC1C. The van der Waals surface area contributed by atoms with Crippen molar-refractivity contribution in [3.63, 3.8) is 0 Å². The van der Waals surface area contributed by atoms with E-state index in [4.69, 9.17) is 0 Å². The van der Waals surface area contributed by atoms with Crippen LogP contribution in [0.25, 0.3) is 0 Å². The molecule has 1 aliphatic heterocycles. The van der Waals surface area contributed by atoms with Crippen LogP contribution in [0.2, 0.25) is 0 Å². The first-order chi connectivity index (χ1) is 6.72. The standard InChI is InChI=1S/C9H19N.2C2H6.CH4/c1-8(2)10-7-5-4-6-9(10)3;2*1-2;/h8-9H,4-7H2,1-3H3;2*1-2H3;1H4. The van der Waals surface area contributed by atoms with Crippen LogP contribution >= 0.6 is 0 Å². The van der Waals surface area contributed by atoms with Gasteiger partial charge in [0.15, 0.2) is 0 Å². The van der Waals surface area contributed by atoms with Gasteiger partial charge in [-0.05, 0) is 40.2 Å². The van der Waals surface area contributed by atoms with Crippen LogP contribution in [0.5, 0.6) is 0 Å². The predicted octanol–water partition coefficient (Wildman–Crippen LogP) is 4.96. The van der Waals surface area contributed by atoms with Crippen molar-refractivity contribution in [3.8, 4) is 0 Å². The molecule has 0 aromatic heterocycles. The van der Waals surface area contributed by atoms with E-state index in [-0.39, 0.29) is 7.43 Å². The number of likely N-dealkylation sites (tertiary alicyclic amines) is 1. The summed E-state index contributed by atoms with van der Waals surface area (Å²) in [7, 11) is 0. The Morgan fingerprint density at radius 3 is 1.73 bits per heavy atom. The molecule has 1 atom stereocenters. The molecule has 15 heavy (non-hydrogen) atoms. The molecule has 1 fully saturated rings. The first-order valence-corrected chi connectivity index (χ1v) is 6.47. The zero-order valence-corrected chi connectivity index (χ0v) is 11.4. The second-order valence-corrected chi connectivity index (χ2v) is 3.68. The highest BCUT2D eigenvalue weighted by atomic mass is 15.2. The largest absolute Gasteiger partial charge is 0.298 e. The lowest BCUT2D eigenvalue weighted by Crippen LogP contribution is -2.41. The molecular weight excluding hydrogens is 182 g/mol. The van der Waals surface area contributed by atoms with Gasteiger partial charge >= 0.3 is 0 Å². The van der Waals surface area contributed by atoms with Gasteiger partial charge in [-0.3, -0.25) is 4.90 Å². The van der Waals surface area contributed by atoms with Crippen molar-refractivity contribution in [1.29, 1.82) is 0 Å². The molecule has 1 unspecified atom stereocenters. The van der Waals surface area contributed by atoms with Gasteiger partial charge in [0.1, 0.15) is 0 Å². The van der Waals surface area contributed by atoms with E-state index < -0.39 is 0 Å². The summed E-state index contributed by atoms with van der Waals surface area (Å²) in [5, 5.41) is 0. The van der Waals surface area contributed by atoms with Crippen molar-refractivity contribution < 1.29 is 0 Å². The third kappa shape index (κ3) is 8.92. The van der Waals surface area contributed by atoms with E-state index in [9.17, 15) is 0 Å². The Hall–Kier alpha value is -0.0400. The van der Waals surface area contributed by atoms with Crippen LogP contribution in [0.4, 0.5) is 0 Å². The Bertz CT molecular complexity index is 99.5. The molecule has 96 valence electrons. The summed E-state index contributed by atoms with van der Waals surface area (Å²) in [6.45, 7) is 16.3. The molecular formula is C14H35N. The molecule has 1 rings (SSSR count). The Balaban J connectivity index is -0.000000258. The quantitative estimate of drug-likeness (QED) is 0.600. The van der Waals surface area contributed by atoms with Crippen LogP contribution in [0.15, 0.2) is 0 Å². The van der Waals surface area contributed by atoms with Crippen molar-refractivity contribution >= 4 is 0 Å². The summed E-state index contributed by atoms with van der Waals surface area (Å²) < 4.78 is 0. The number of hydrogen-bond donors (Lipinski definition) is 0. The van der Waals surface area contributed by atoms with Crippen molar-refractivity contribution in [2.24, 2.45) is 0 Å². The average molecular weight is 217 g/mol. The second-order valence-electron chi connectivity index (χ2n) is 3.68. The van der Waals surface area contributed by atoms with Crippen molar-refractivity contribution in [1.82, 2.24) is 4.90 Å². The average Bonchev–Trinajstić information content (AvgIpc) is 2.24. The molecule has 1 nitrogen and oxygen atoms in total. The fraction of sp³-hybridized carbons (Fsp3) is 1.00. The third-order valence-corrected chi connectivity index (χ3v) is 2.52. The van der Waals surface area contributed by atoms with E-state index in [1.54, 1.807) is 0 Å². The first-order valence-electron chi connectivity index (χ1n) is 6.47. The van der Waals surface area contributed by atoms with Gasteiger partial charge in [0.05, 0.1) is 0 Å². The second kappa shape index (κ2) is 14.0. The molecule has 1 saturated heterocycles. The Kier molecular flexibility index (Phi) is 19.0. The van der Waals surface area contributed by atoms with Crippen LogP contribution in [-0.4, -0.2) is 23.5 Å². The molecule has 0 bridgehead atoms. The minimum absolute atomic E-state index is 0. The maximum Gasteiger partial charge on any atom is 0.00696 e. The number of nitrogens with zero attached hydrogens (tertiary/aromatic N) is 1. The van der Waals surface area contributed by atoms with E-state index in [0.717, 1.165) is 12.1 Å². The summed E-state index contributed by atoms with van der Waals surface area (Å²) in [4.78, 5) is 2.60. The number of hydrogen-bond acceptors (Lipinski definition) is 1. The fourth-order valence-electron chi connectivity index (χ4n) is 1.89. The van der Waals surface area contributed by atoms with E-state index >= 15 is 0 Å². The summed E-state index contributed by atoms with van der Waals surface area (Å²) in [6, 6.07) is 1.57. The number of piperidine rings is 1. The van der Waals surface area contributed by atoms with Gasteiger partial charge in [-0.15, -0.1) is 0 Å². The van der Waals surface area contributed by atoms with Gasteiger partial charge in [-0.2, -0.15) is 0 Å². The van der Waals surface area contributed by atoms with E-state index in [0.29, 0.717) is 0 Å². The molecule has 0 amide bonds. The fourth-order valence-corrected chi connectivity index (χ4v) is 1.89. The molecule has 0 saturated carbocycles. The van der Waals surface area contributed by atoms with Crippen LogP contribution in [0.1, 0.15) is 75.2 Å². The monoisotopic (exact) mass is 217 g/mol. The summed E-state index contributed by atoms with van der Waals surface area (Å²) in [5.41, 5.74) is 0. The molecule has 0 aliphatic carbocycles. The predicted molar refractivity (Wildman–Crippen MR) is 74.6 cm³/mol. The van der Waals surface area contributed by atoms with Crippen LogP contribution in [-0.2, 0) is 0 Å². The van der Waals surface area contributed by atoms with Crippen molar-refractivity contribution in [2.45, 2.75) is 87.2 Å². The first kappa shape index (κ1) is 20.4. The molecule has 0 spiro atoms. The zero-order valence-electron chi connectivity index (χ0n) is 11.4. The normalized spacial score (nSPS) is 20.4. The molecule has 0 aromatic carbocycles. The lowest BCUT2D eigenvalue weighted by molar-refractivity contribution is 0.123. The van der Waals surface area contributed by atoms with Crippen molar-refractivity contribution in [3.05, 3.63) is 0 Å². The minimum atomic E-state index is 0. The van der Waals surface area contributed by atoms with Gasteiger partial charge in [-0.1, -0.05) is 41.5 Å². The van der Waals surface area contributed by atoms with E-state index in [1.165, 1.54) is 25.8 Å². The van der Waals surface area contributed by atoms with Gasteiger partial charge < -0.3 is 0 Å². The van der Waals surface area contributed by atoms with E-state index in [1.807, 2.05) is 27.7 Å². The Morgan fingerprint density at radius 1 is 1.00 bits per heavy atom. The molecule has 0 radical (unpaired) electrons. The van der Waals surface area contributed by atoms with E-state index in [2.05, 4.69) is 25.7 Å². The Morgan fingerprint density at radius 2 is 1.47 bits per heavy atom. The molecule has 1 aliphatic rings. The Labute approximate surface area is 99.3 Å². The zero-order chi connectivity index (χ0) is 11.6. The van der Waals surface area contributed by atoms with Crippen LogP contribution in [0, 0.1) is 0 Å². The molecule has 0 aromatic rings. The lowest BCUT2D eigenvalue weighted by Gasteiger charge is -2.36. The molecule has 1 heteroatoms. The summed E-state index contributed by atoms with van der Waals surface area (Å²) in [5.74, 6) is 0. The van der Waals surface area contributed by atoms with Crippen LogP contribution in [0.3, 0.4) is 0 Å². The van der Waals surface area contributed by atoms with Gasteiger partial charge in [-0.25, -0.2) is 0 Å². The lowest BCUT2D eigenvalue weighted by atomic mass is 10.0. The maximum atomic E-state index is 2.60. The highest BCUT2D eigenvalue weighted by Gasteiger charge is 2.19. The number of rotatable bonds is 1. The highest BCUT2D eigenvalue weighted by Crippen LogP contribution is 2.18. The third-order valence-electron chi connectivity index (χ3n) is 2.52. The molecule has 1 heterocycles. The van der Waals surface area contributed by atoms with Gasteiger partial charge in [0, 0.05) is 12.1 Å². The van der Waals surface area contributed by atoms with Crippen molar-refractivity contribution in [2.75, 3.05) is 6.54 Å². The topological polar surface area (TPSA) is 3.24 Å². The van der Waals surface area contributed by atoms with Gasteiger partial charge in [0.25, 0.3) is 0 Å². The maximum absolute atomic E-state index is 2.60. The molecule has 0 N–H and O–H groups in total. The van der Waals surface area contributed by atoms with Gasteiger partial charge in [0.2, 0.25) is 0 Å². The smallest absolute Gasteiger partial charge is 0.00696 e. The summed E-state index contributed by atoms with van der Waals surface area (Å²) >= 11 is 0. The van der Waals surface area contributed by atoms with Crippen LogP contribution < -0.4 is 0 Å². The minimum Gasteiger partial charge on any atom is -0.298 e. The summed E-state index contributed by atoms with van der Waals surface area (Å²) in [6.07, 6.45) is 4.24. The highest BCUT2D eigenvalue weighted by molar-refractivity contribution is 4.75.